The van der Waals surface area contributed by atoms with Gasteiger partial charge in [-0.15, -0.1) is 0 Å². The van der Waals surface area contributed by atoms with Crippen LogP contribution in [0.2, 0.25) is 0 Å². The Kier molecular flexibility index (Phi) is 5.79. The lowest BCUT2D eigenvalue weighted by molar-refractivity contribution is 0.0601. The van der Waals surface area contributed by atoms with E-state index in [-0.39, 0.29) is 11.9 Å². The summed E-state index contributed by atoms with van der Waals surface area (Å²) in [6, 6.07) is 17.4. The number of ether oxygens (including phenoxy) is 1. The van der Waals surface area contributed by atoms with Crippen LogP contribution < -0.4 is 9.80 Å². The summed E-state index contributed by atoms with van der Waals surface area (Å²) in [5.74, 6) is 0.915. The van der Waals surface area contributed by atoms with Crippen molar-refractivity contribution in [1.82, 2.24) is 15.0 Å². The van der Waals surface area contributed by atoms with Gasteiger partial charge in [-0.2, -0.15) is 0 Å². The molecule has 1 fully saturated rings. The van der Waals surface area contributed by atoms with Crippen LogP contribution >= 0.6 is 0 Å². The van der Waals surface area contributed by atoms with E-state index in [1.807, 2.05) is 18.2 Å². The van der Waals surface area contributed by atoms with Gasteiger partial charge in [0.2, 0.25) is 0 Å². The highest BCUT2D eigenvalue weighted by atomic mass is 19.1. The first-order chi connectivity index (χ1) is 16.5. The SMILES string of the molecule is COC(=O)c1ccc2nc(-c3ccc(F)cc3)c(N3CCN(c4ccccn4)C[C@@H]3C)nc2c1. The Balaban J connectivity index is 1.57. The first-order valence-electron chi connectivity index (χ1n) is 11.1. The molecule has 3 heterocycles. The molecule has 0 radical (unpaired) electrons. The summed E-state index contributed by atoms with van der Waals surface area (Å²) in [6.45, 7) is 4.39. The van der Waals surface area contributed by atoms with Crippen LogP contribution in [-0.4, -0.2) is 53.7 Å². The average Bonchev–Trinajstić information content (AvgIpc) is 2.88. The number of carbonyl (C=O) groups excluding carboxylic acids is 1. The van der Waals surface area contributed by atoms with E-state index in [4.69, 9.17) is 14.7 Å². The van der Waals surface area contributed by atoms with E-state index in [0.29, 0.717) is 34.7 Å². The molecule has 7 nitrogen and oxygen atoms in total. The molecule has 1 atom stereocenters. The average molecular weight is 458 g/mol. The summed E-state index contributed by atoms with van der Waals surface area (Å²) in [4.78, 5) is 30.8. The number of carbonyl (C=O) groups is 1. The van der Waals surface area contributed by atoms with Gasteiger partial charge in [0.05, 0.1) is 23.7 Å². The van der Waals surface area contributed by atoms with E-state index >= 15 is 0 Å². The van der Waals surface area contributed by atoms with Gasteiger partial charge >= 0.3 is 5.97 Å². The number of piperazine rings is 1. The first kappa shape index (κ1) is 21.8. The number of fused-ring (bicyclic) bond motifs is 1. The number of pyridine rings is 1. The molecule has 0 N–H and O–H groups in total. The Hall–Kier alpha value is -4.07. The standard InChI is InChI=1S/C26H24FN5O2/c1-17-16-31(23-5-3-4-12-28-23)13-14-32(17)25-24(18-6-9-20(27)10-7-18)29-21-11-8-19(26(33)34-2)15-22(21)30-25/h3-12,15,17H,13-14,16H2,1-2H3/t17-/m0/s1. The molecule has 0 saturated carbocycles. The molecule has 0 aliphatic carbocycles. The predicted octanol–water partition coefficient (Wildman–Crippen LogP) is 4.33. The number of rotatable bonds is 4. The molecule has 1 aliphatic rings. The lowest BCUT2D eigenvalue weighted by Crippen LogP contribution is -2.52. The Labute approximate surface area is 196 Å². The van der Waals surface area contributed by atoms with Crippen molar-refractivity contribution < 1.29 is 13.9 Å². The third kappa shape index (κ3) is 4.14. The molecule has 1 aliphatic heterocycles. The van der Waals surface area contributed by atoms with Gasteiger partial charge < -0.3 is 14.5 Å². The maximum Gasteiger partial charge on any atom is 0.337 e. The summed E-state index contributed by atoms with van der Waals surface area (Å²) in [7, 11) is 1.35. The summed E-state index contributed by atoms with van der Waals surface area (Å²) in [6.07, 6.45) is 1.80. The van der Waals surface area contributed by atoms with E-state index in [9.17, 15) is 9.18 Å². The first-order valence-corrected chi connectivity index (χ1v) is 11.1. The van der Waals surface area contributed by atoms with Gasteiger partial charge in [0.25, 0.3) is 0 Å². The molecular weight excluding hydrogens is 433 g/mol. The van der Waals surface area contributed by atoms with E-state index in [2.05, 4.69) is 21.7 Å². The molecule has 0 amide bonds. The third-order valence-electron chi connectivity index (χ3n) is 6.06. The molecule has 5 rings (SSSR count). The van der Waals surface area contributed by atoms with Crippen molar-refractivity contribution in [2.45, 2.75) is 13.0 Å². The normalized spacial score (nSPS) is 16.0. The molecule has 8 heteroatoms. The second-order valence-corrected chi connectivity index (χ2v) is 8.27. The minimum absolute atomic E-state index is 0.116. The number of nitrogens with zero attached hydrogens (tertiary/aromatic N) is 5. The Morgan fingerprint density at radius 2 is 1.85 bits per heavy atom. The largest absolute Gasteiger partial charge is 0.465 e. The summed E-state index contributed by atoms with van der Waals surface area (Å²) in [5.41, 5.74) is 3.12. The van der Waals surface area contributed by atoms with Crippen LogP contribution in [0.3, 0.4) is 0 Å². The molecule has 2 aromatic carbocycles. The zero-order valence-corrected chi connectivity index (χ0v) is 19.0. The smallest absolute Gasteiger partial charge is 0.337 e. The van der Waals surface area contributed by atoms with Crippen LogP contribution in [0.1, 0.15) is 17.3 Å². The number of halogens is 1. The number of hydrogen-bond donors (Lipinski definition) is 0. The van der Waals surface area contributed by atoms with Crippen LogP contribution in [-0.2, 0) is 4.74 Å². The van der Waals surface area contributed by atoms with E-state index < -0.39 is 5.97 Å². The van der Waals surface area contributed by atoms with Gasteiger partial charge in [0, 0.05) is 37.4 Å². The monoisotopic (exact) mass is 457 g/mol. The van der Waals surface area contributed by atoms with Crippen molar-refractivity contribution >= 4 is 28.6 Å². The number of anilines is 2. The number of hydrogen-bond acceptors (Lipinski definition) is 7. The lowest BCUT2D eigenvalue weighted by atomic mass is 10.1. The maximum absolute atomic E-state index is 13.6. The van der Waals surface area contributed by atoms with Crippen LogP contribution in [0.15, 0.2) is 66.9 Å². The van der Waals surface area contributed by atoms with Gasteiger partial charge in [-0.1, -0.05) is 6.07 Å². The second kappa shape index (κ2) is 9.05. The fraction of sp³-hybridized carbons (Fsp3) is 0.231. The molecule has 0 unspecified atom stereocenters. The van der Waals surface area contributed by atoms with Gasteiger partial charge in [-0.25, -0.2) is 24.1 Å². The summed E-state index contributed by atoms with van der Waals surface area (Å²) >= 11 is 0. The van der Waals surface area contributed by atoms with Crippen molar-refractivity contribution in [2.24, 2.45) is 0 Å². The Bertz CT molecular complexity index is 1330. The fourth-order valence-electron chi connectivity index (χ4n) is 4.31. The van der Waals surface area contributed by atoms with Crippen LogP contribution in [0.4, 0.5) is 16.0 Å². The second-order valence-electron chi connectivity index (χ2n) is 8.27. The quantitative estimate of drug-likeness (QED) is 0.422. The zero-order chi connectivity index (χ0) is 23.7. The fourth-order valence-corrected chi connectivity index (χ4v) is 4.31. The Morgan fingerprint density at radius 1 is 1.03 bits per heavy atom. The maximum atomic E-state index is 13.6. The van der Waals surface area contributed by atoms with Crippen molar-refractivity contribution in [3.63, 3.8) is 0 Å². The van der Waals surface area contributed by atoms with Gasteiger partial charge in [0.15, 0.2) is 5.82 Å². The highest BCUT2D eigenvalue weighted by Gasteiger charge is 2.28. The highest BCUT2D eigenvalue weighted by molar-refractivity contribution is 5.94. The molecule has 0 bridgehead atoms. The zero-order valence-electron chi connectivity index (χ0n) is 19.0. The number of esters is 1. The molecule has 2 aromatic heterocycles. The molecule has 172 valence electrons. The van der Waals surface area contributed by atoms with Crippen LogP contribution in [0.5, 0.6) is 0 Å². The highest BCUT2D eigenvalue weighted by Crippen LogP contribution is 2.33. The van der Waals surface area contributed by atoms with Crippen LogP contribution in [0, 0.1) is 5.82 Å². The summed E-state index contributed by atoms with van der Waals surface area (Å²) in [5, 5.41) is 0. The van der Waals surface area contributed by atoms with Crippen molar-refractivity contribution in [1.29, 1.82) is 0 Å². The molecule has 34 heavy (non-hydrogen) atoms. The topological polar surface area (TPSA) is 71.5 Å². The summed E-state index contributed by atoms with van der Waals surface area (Å²) < 4.78 is 18.5. The van der Waals surface area contributed by atoms with Gasteiger partial charge in [-0.05, 0) is 61.5 Å². The molecule has 0 spiro atoms. The molecule has 1 saturated heterocycles. The minimum atomic E-state index is -0.426. The van der Waals surface area contributed by atoms with Gasteiger partial charge in [0.1, 0.15) is 17.3 Å². The Morgan fingerprint density at radius 3 is 2.56 bits per heavy atom. The van der Waals surface area contributed by atoms with Gasteiger partial charge in [-0.3, -0.25) is 0 Å². The van der Waals surface area contributed by atoms with Crippen molar-refractivity contribution in [2.75, 3.05) is 36.5 Å². The predicted molar refractivity (Wildman–Crippen MR) is 130 cm³/mol. The number of aromatic nitrogens is 3. The van der Waals surface area contributed by atoms with E-state index in [1.54, 1.807) is 36.5 Å². The number of methoxy groups -OCH3 is 1. The lowest BCUT2D eigenvalue weighted by Gasteiger charge is -2.41. The number of benzene rings is 2. The molecule has 4 aromatic rings. The molecular formula is C26H24FN5O2. The van der Waals surface area contributed by atoms with Crippen molar-refractivity contribution in [3.05, 3.63) is 78.2 Å². The van der Waals surface area contributed by atoms with Crippen LogP contribution in [0.25, 0.3) is 22.3 Å². The van der Waals surface area contributed by atoms with E-state index in [1.165, 1.54) is 19.2 Å². The minimum Gasteiger partial charge on any atom is -0.465 e. The van der Waals surface area contributed by atoms with Crippen molar-refractivity contribution in [3.8, 4) is 11.3 Å². The van der Waals surface area contributed by atoms with E-state index in [0.717, 1.165) is 24.5 Å². The third-order valence-corrected chi connectivity index (χ3v) is 6.06.